The summed E-state index contributed by atoms with van der Waals surface area (Å²) in [6, 6.07) is -0.705. The molecule has 1 saturated heterocycles. The third-order valence-electron chi connectivity index (χ3n) is 3.49. The lowest BCUT2D eigenvalue weighted by Crippen LogP contribution is -2.70. The number of carboxylic acid groups (broad SMARTS) is 1. The number of amides is 2. The van der Waals surface area contributed by atoms with Crippen LogP contribution in [0.15, 0.2) is 11.3 Å². The second-order valence-electron chi connectivity index (χ2n) is 5.24. The lowest BCUT2D eigenvalue weighted by Gasteiger charge is -2.49. The van der Waals surface area contributed by atoms with Gasteiger partial charge in [0.15, 0.2) is 0 Å². The number of rotatable bonds is 6. The van der Waals surface area contributed by atoms with Crippen LogP contribution in [0.5, 0.6) is 0 Å². The minimum atomic E-state index is -1.25. The highest BCUT2D eigenvalue weighted by Gasteiger charge is 2.54. The quantitative estimate of drug-likeness (QED) is 0.519. The topological polar surface area (TPSA) is 113 Å². The van der Waals surface area contributed by atoms with E-state index in [0.717, 1.165) is 4.90 Å². The molecule has 2 aliphatic rings. The van der Waals surface area contributed by atoms with Crippen molar-refractivity contribution in [2.45, 2.75) is 38.1 Å². The van der Waals surface area contributed by atoms with Crippen LogP contribution < -0.4 is 5.32 Å². The maximum atomic E-state index is 12.2. The zero-order valence-corrected chi connectivity index (χ0v) is 13.6. The van der Waals surface area contributed by atoms with Crippen molar-refractivity contribution in [1.82, 2.24) is 10.2 Å². The van der Waals surface area contributed by atoms with Gasteiger partial charge >= 0.3 is 11.9 Å². The number of thioether (sulfide) groups is 1. The van der Waals surface area contributed by atoms with E-state index >= 15 is 0 Å². The van der Waals surface area contributed by atoms with Crippen molar-refractivity contribution in [2.24, 2.45) is 0 Å². The van der Waals surface area contributed by atoms with Gasteiger partial charge in [0.05, 0.1) is 0 Å². The Balaban J connectivity index is 2.14. The standard InChI is InChI=1S/C14H18N2O6S/c1-3-4-9(18)15-10-12(19)16-11(14(20)21)8(5-22-7(2)17)6-23-13(10)16/h10,13H,3-6H2,1-2H3,(H,15,18)(H,20,21)/t10-,13+/m1/s1. The number of carbonyl (C=O) groups excluding carboxylic acids is 3. The fraction of sp³-hybridized carbons (Fsp3) is 0.571. The van der Waals surface area contributed by atoms with E-state index in [0.29, 0.717) is 24.2 Å². The number of hydrogen-bond acceptors (Lipinski definition) is 6. The predicted octanol–water partition coefficient (Wildman–Crippen LogP) is 0.0882. The average Bonchev–Trinajstić information content (AvgIpc) is 2.49. The summed E-state index contributed by atoms with van der Waals surface area (Å²) in [6.07, 6.45) is 0.988. The van der Waals surface area contributed by atoms with Gasteiger partial charge in [-0.2, -0.15) is 0 Å². The first kappa shape index (κ1) is 17.3. The van der Waals surface area contributed by atoms with Gasteiger partial charge in [-0.1, -0.05) is 6.92 Å². The maximum Gasteiger partial charge on any atom is 0.352 e. The highest BCUT2D eigenvalue weighted by molar-refractivity contribution is 8.00. The lowest BCUT2D eigenvalue weighted by atomic mass is 10.0. The number of nitrogens with zero attached hydrogens (tertiary/aromatic N) is 1. The van der Waals surface area contributed by atoms with E-state index in [1.165, 1.54) is 18.7 Å². The molecule has 0 aliphatic carbocycles. The van der Waals surface area contributed by atoms with Crippen molar-refractivity contribution in [3.8, 4) is 0 Å². The highest BCUT2D eigenvalue weighted by Crippen LogP contribution is 2.40. The van der Waals surface area contributed by atoms with Gasteiger partial charge in [0.1, 0.15) is 23.7 Å². The van der Waals surface area contributed by atoms with Crippen LogP contribution in [0.3, 0.4) is 0 Å². The number of carboxylic acids is 1. The number of hydrogen-bond donors (Lipinski definition) is 2. The summed E-state index contributed by atoms with van der Waals surface area (Å²) in [4.78, 5) is 47.4. The maximum absolute atomic E-state index is 12.2. The fourth-order valence-corrected chi connectivity index (χ4v) is 3.78. The van der Waals surface area contributed by atoms with Crippen LogP contribution in [0, 0.1) is 0 Å². The zero-order valence-electron chi connectivity index (χ0n) is 12.8. The van der Waals surface area contributed by atoms with E-state index in [2.05, 4.69) is 5.32 Å². The fourth-order valence-electron chi connectivity index (χ4n) is 2.46. The molecule has 0 aromatic rings. The zero-order chi connectivity index (χ0) is 17.1. The van der Waals surface area contributed by atoms with E-state index in [1.54, 1.807) is 0 Å². The summed E-state index contributed by atoms with van der Waals surface area (Å²) in [7, 11) is 0. The predicted molar refractivity (Wildman–Crippen MR) is 81.2 cm³/mol. The Morgan fingerprint density at radius 3 is 2.70 bits per heavy atom. The smallest absolute Gasteiger partial charge is 0.352 e. The van der Waals surface area contributed by atoms with Crippen molar-refractivity contribution in [1.29, 1.82) is 0 Å². The molecule has 2 heterocycles. The average molecular weight is 342 g/mol. The normalized spacial score (nSPS) is 23.0. The molecule has 9 heteroatoms. The first-order chi connectivity index (χ1) is 10.9. The molecule has 2 amide bonds. The van der Waals surface area contributed by atoms with Gasteiger partial charge in [-0.05, 0) is 6.42 Å². The molecule has 0 radical (unpaired) electrons. The number of β-lactam (4-membered cyclic amide) rings is 1. The number of ether oxygens (including phenoxy) is 1. The number of nitrogens with one attached hydrogen (secondary N) is 1. The van der Waals surface area contributed by atoms with Crippen LogP contribution in [0.1, 0.15) is 26.7 Å². The molecule has 8 nitrogen and oxygen atoms in total. The van der Waals surface area contributed by atoms with Crippen molar-refractivity contribution < 1.29 is 29.0 Å². The Bertz CT molecular complexity index is 588. The first-order valence-corrected chi connectivity index (χ1v) is 8.24. The Hall–Kier alpha value is -2.03. The van der Waals surface area contributed by atoms with Crippen molar-refractivity contribution in [3.63, 3.8) is 0 Å². The number of esters is 1. The summed E-state index contributed by atoms with van der Waals surface area (Å²) >= 11 is 1.34. The molecular formula is C14H18N2O6S. The largest absolute Gasteiger partial charge is 0.477 e. The Morgan fingerprint density at radius 2 is 2.13 bits per heavy atom. The van der Waals surface area contributed by atoms with E-state index < -0.39 is 29.3 Å². The minimum absolute atomic E-state index is 0.152. The molecule has 2 atom stereocenters. The molecule has 0 aromatic carbocycles. The molecule has 2 rings (SSSR count). The highest BCUT2D eigenvalue weighted by atomic mass is 32.2. The third kappa shape index (κ3) is 3.49. The van der Waals surface area contributed by atoms with Crippen molar-refractivity contribution in [2.75, 3.05) is 12.4 Å². The van der Waals surface area contributed by atoms with Crippen LogP contribution in [0.25, 0.3) is 0 Å². The van der Waals surface area contributed by atoms with Crippen LogP contribution in [-0.4, -0.2) is 57.5 Å². The van der Waals surface area contributed by atoms with Crippen LogP contribution in [0.4, 0.5) is 0 Å². The second kappa shape index (κ2) is 7.03. The second-order valence-corrected chi connectivity index (χ2v) is 6.35. The molecule has 2 aliphatic heterocycles. The van der Waals surface area contributed by atoms with Gasteiger partial charge in [0, 0.05) is 24.7 Å². The van der Waals surface area contributed by atoms with Gasteiger partial charge in [0.25, 0.3) is 5.91 Å². The van der Waals surface area contributed by atoms with Gasteiger partial charge in [-0.25, -0.2) is 4.79 Å². The minimum Gasteiger partial charge on any atom is -0.477 e. The summed E-state index contributed by atoms with van der Waals surface area (Å²) < 4.78 is 4.85. The molecule has 0 bridgehead atoms. The summed E-state index contributed by atoms with van der Waals surface area (Å²) in [5.74, 6) is -2.12. The number of aliphatic carboxylic acids is 1. The molecule has 23 heavy (non-hydrogen) atoms. The molecule has 0 unspecified atom stereocenters. The summed E-state index contributed by atoms with van der Waals surface area (Å²) in [6.45, 7) is 2.93. The summed E-state index contributed by atoms with van der Waals surface area (Å²) in [5, 5.41) is 11.6. The van der Waals surface area contributed by atoms with Gasteiger partial charge < -0.3 is 15.2 Å². The summed E-state index contributed by atoms with van der Waals surface area (Å²) in [5.41, 5.74) is 0.224. The monoisotopic (exact) mass is 342 g/mol. The van der Waals surface area contributed by atoms with E-state index in [1.807, 2.05) is 6.92 Å². The van der Waals surface area contributed by atoms with Crippen molar-refractivity contribution >= 4 is 35.5 Å². The first-order valence-electron chi connectivity index (χ1n) is 7.19. The Labute approximate surface area is 137 Å². The van der Waals surface area contributed by atoms with Gasteiger partial charge in [-0.3, -0.25) is 19.3 Å². The van der Waals surface area contributed by atoms with Crippen molar-refractivity contribution in [3.05, 3.63) is 11.3 Å². The van der Waals surface area contributed by atoms with E-state index in [4.69, 9.17) is 4.74 Å². The van der Waals surface area contributed by atoms with Crippen LogP contribution in [-0.2, 0) is 23.9 Å². The van der Waals surface area contributed by atoms with E-state index in [9.17, 15) is 24.3 Å². The molecule has 0 aromatic heterocycles. The van der Waals surface area contributed by atoms with Crippen LogP contribution in [0.2, 0.25) is 0 Å². The third-order valence-corrected chi connectivity index (χ3v) is 4.83. The van der Waals surface area contributed by atoms with Crippen LogP contribution >= 0.6 is 11.8 Å². The molecule has 1 fully saturated rings. The molecular weight excluding hydrogens is 324 g/mol. The number of fused-ring (bicyclic) bond motifs is 1. The molecule has 0 saturated carbocycles. The number of carbonyl (C=O) groups is 4. The van der Waals surface area contributed by atoms with Gasteiger partial charge in [-0.15, -0.1) is 11.8 Å². The Morgan fingerprint density at radius 1 is 1.43 bits per heavy atom. The molecule has 2 N–H and O–H groups in total. The molecule has 0 spiro atoms. The Kier molecular flexibility index (Phi) is 5.30. The van der Waals surface area contributed by atoms with E-state index in [-0.39, 0.29) is 18.2 Å². The van der Waals surface area contributed by atoms with Gasteiger partial charge in [0.2, 0.25) is 5.91 Å². The SMILES string of the molecule is CCCC(=O)N[C@@H]1C(=O)N2C(C(=O)O)=C(COC(C)=O)CS[C@@H]12. The molecule has 126 valence electrons. The lowest BCUT2D eigenvalue weighted by molar-refractivity contribution is -0.151.